The SMILES string of the molecule is CNC(=O)COC(=O)c1sccc1S(=O)(=O)N1CCCC1. The number of ether oxygens (including phenoxy) is 1. The maximum Gasteiger partial charge on any atom is 0.350 e. The number of carbonyl (C=O) groups excluding carboxylic acids is 2. The van der Waals surface area contributed by atoms with Crippen molar-refractivity contribution < 1.29 is 22.7 Å². The second kappa shape index (κ2) is 6.54. The smallest absolute Gasteiger partial charge is 0.350 e. The Balaban J connectivity index is 2.18. The summed E-state index contributed by atoms with van der Waals surface area (Å²) in [5.74, 6) is -1.25. The third kappa shape index (κ3) is 3.42. The van der Waals surface area contributed by atoms with Crippen molar-refractivity contribution >= 4 is 33.2 Å². The molecule has 21 heavy (non-hydrogen) atoms. The van der Waals surface area contributed by atoms with Crippen molar-refractivity contribution in [2.75, 3.05) is 26.7 Å². The highest BCUT2D eigenvalue weighted by atomic mass is 32.2. The Kier molecular flexibility index (Phi) is 4.96. The fourth-order valence-corrected chi connectivity index (χ4v) is 4.79. The van der Waals surface area contributed by atoms with Gasteiger partial charge in [-0.25, -0.2) is 13.2 Å². The molecule has 7 nitrogen and oxygen atoms in total. The summed E-state index contributed by atoms with van der Waals surface area (Å²) in [4.78, 5) is 23.0. The van der Waals surface area contributed by atoms with E-state index in [1.807, 2.05) is 0 Å². The zero-order valence-electron chi connectivity index (χ0n) is 11.5. The zero-order chi connectivity index (χ0) is 15.5. The van der Waals surface area contributed by atoms with Crippen LogP contribution in [0, 0.1) is 0 Å². The first-order chi connectivity index (χ1) is 9.96. The molecule has 0 bridgehead atoms. The van der Waals surface area contributed by atoms with Gasteiger partial charge in [-0.2, -0.15) is 4.31 Å². The van der Waals surface area contributed by atoms with Crippen molar-refractivity contribution in [3.05, 3.63) is 16.3 Å². The highest BCUT2D eigenvalue weighted by Gasteiger charge is 2.32. The summed E-state index contributed by atoms with van der Waals surface area (Å²) in [6.07, 6.45) is 1.64. The fraction of sp³-hybridized carbons (Fsp3) is 0.500. The number of sulfonamides is 1. The van der Waals surface area contributed by atoms with Crippen molar-refractivity contribution in [2.45, 2.75) is 17.7 Å². The van der Waals surface area contributed by atoms with E-state index >= 15 is 0 Å². The van der Waals surface area contributed by atoms with E-state index in [-0.39, 0.29) is 9.77 Å². The number of carbonyl (C=O) groups is 2. The number of hydrogen-bond acceptors (Lipinski definition) is 6. The molecule has 1 fully saturated rings. The van der Waals surface area contributed by atoms with E-state index in [0.717, 1.165) is 24.2 Å². The normalized spacial score (nSPS) is 15.9. The number of hydrogen-bond donors (Lipinski definition) is 1. The lowest BCUT2D eigenvalue weighted by Crippen LogP contribution is -2.29. The van der Waals surface area contributed by atoms with Gasteiger partial charge in [-0.3, -0.25) is 4.79 Å². The van der Waals surface area contributed by atoms with Crippen LogP contribution in [-0.2, 0) is 19.6 Å². The molecule has 0 aliphatic carbocycles. The molecule has 0 spiro atoms. The average molecular weight is 332 g/mol. The Bertz CT molecular complexity index is 632. The summed E-state index contributed by atoms with van der Waals surface area (Å²) >= 11 is 0.990. The van der Waals surface area contributed by atoms with Crippen LogP contribution >= 0.6 is 11.3 Å². The Labute approximate surface area is 126 Å². The molecular weight excluding hydrogens is 316 g/mol. The van der Waals surface area contributed by atoms with Crippen LogP contribution in [0.3, 0.4) is 0 Å². The molecule has 0 saturated carbocycles. The van der Waals surface area contributed by atoms with Crippen LogP contribution in [0.1, 0.15) is 22.5 Å². The monoisotopic (exact) mass is 332 g/mol. The van der Waals surface area contributed by atoms with Crippen molar-refractivity contribution in [1.29, 1.82) is 0 Å². The van der Waals surface area contributed by atoms with Crippen LogP contribution in [0.5, 0.6) is 0 Å². The van der Waals surface area contributed by atoms with Gasteiger partial charge in [0.05, 0.1) is 0 Å². The standard InChI is InChI=1S/C12H16N2O5S2/c1-13-10(15)8-19-12(16)11-9(4-7-20-11)21(17,18)14-5-2-3-6-14/h4,7H,2-3,5-6,8H2,1H3,(H,13,15). The first kappa shape index (κ1) is 15.9. The minimum atomic E-state index is -3.67. The van der Waals surface area contributed by atoms with Gasteiger partial charge >= 0.3 is 5.97 Å². The molecule has 9 heteroatoms. The van der Waals surface area contributed by atoms with Crippen LogP contribution in [-0.4, -0.2) is 51.3 Å². The first-order valence-electron chi connectivity index (χ1n) is 6.42. The lowest BCUT2D eigenvalue weighted by molar-refractivity contribution is -0.123. The number of likely N-dealkylation sites (N-methyl/N-ethyl adjacent to an activating group) is 1. The lowest BCUT2D eigenvalue weighted by atomic mass is 10.4. The number of esters is 1. The highest BCUT2D eigenvalue weighted by Crippen LogP contribution is 2.28. The second-order valence-corrected chi connectivity index (χ2v) is 7.30. The molecule has 1 aliphatic heterocycles. The van der Waals surface area contributed by atoms with Gasteiger partial charge in [-0.1, -0.05) is 0 Å². The molecule has 2 heterocycles. The van der Waals surface area contributed by atoms with Gasteiger partial charge in [0.15, 0.2) is 6.61 Å². The third-order valence-corrected chi connectivity index (χ3v) is 6.08. The van der Waals surface area contributed by atoms with E-state index in [2.05, 4.69) is 5.32 Å². The van der Waals surface area contributed by atoms with Gasteiger partial charge in [0.2, 0.25) is 10.0 Å². The summed E-state index contributed by atoms with van der Waals surface area (Å²) in [5, 5.41) is 3.84. The minimum absolute atomic E-state index is 0.00537. The van der Waals surface area contributed by atoms with E-state index in [1.54, 1.807) is 0 Å². The third-order valence-electron chi connectivity index (χ3n) is 3.11. The van der Waals surface area contributed by atoms with Crippen molar-refractivity contribution in [3.63, 3.8) is 0 Å². The average Bonchev–Trinajstić information content (AvgIpc) is 3.14. The van der Waals surface area contributed by atoms with Gasteiger partial charge in [0.25, 0.3) is 5.91 Å². The maximum atomic E-state index is 12.5. The number of amides is 1. The summed E-state index contributed by atoms with van der Waals surface area (Å²) < 4.78 is 31.1. The van der Waals surface area contributed by atoms with Gasteiger partial charge in [0.1, 0.15) is 9.77 Å². The molecule has 116 valence electrons. The van der Waals surface area contributed by atoms with Crippen LogP contribution < -0.4 is 5.32 Å². The number of rotatable bonds is 5. The summed E-state index contributed by atoms with van der Waals surface area (Å²) in [7, 11) is -2.25. The van der Waals surface area contributed by atoms with Crippen molar-refractivity contribution in [2.24, 2.45) is 0 Å². The molecule has 0 unspecified atom stereocenters. The molecule has 1 amide bonds. The molecule has 1 N–H and O–H groups in total. The molecule has 0 aromatic carbocycles. The van der Waals surface area contributed by atoms with E-state index in [1.165, 1.54) is 22.8 Å². The van der Waals surface area contributed by atoms with Crippen LogP contribution in [0.4, 0.5) is 0 Å². The highest BCUT2D eigenvalue weighted by molar-refractivity contribution is 7.89. The molecule has 1 aromatic rings. The molecule has 2 rings (SSSR count). The summed E-state index contributed by atoms with van der Waals surface area (Å²) in [5.41, 5.74) is 0. The van der Waals surface area contributed by atoms with Gasteiger partial charge < -0.3 is 10.1 Å². The van der Waals surface area contributed by atoms with Crippen LogP contribution in [0.2, 0.25) is 0 Å². The number of nitrogens with zero attached hydrogens (tertiary/aromatic N) is 1. The Morgan fingerprint density at radius 3 is 2.67 bits per heavy atom. The molecule has 1 aromatic heterocycles. The first-order valence-corrected chi connectivity index (χ1v) is 8.74. The minimum Gasteiger partial charge on any atom is -0.451 e. The predicted octanol–water partition coefficient (Wildman–Crippen LogP) is 0.435. The maximum absolute atomic E-state index is 12.5. The van der Waals surface area contributed by atoms with Crippen LogP contribution in [0.15, 0.2) is 16.3 Å². The molecule has 0 radical (unpaired) electrons. The fourth-order valence-electron chi connectivity index (χ4n) is 1.99. The van der Waals surface area contributed by atoms with E-state index in [0.29, 0.717) is 13.1 Å². The molecule has 1 saturated heterocycles. The Hall–Kier alpha value is -1.45. The summed E-state index contributed by atoms with van der Waals surface area (Å²) in [6, 6.07) is 1.40. The van der Waals surface area contributed by atoms with Crippen molar-refractivity contribution in [1.82, 2.24) is 9.62 Å². The number of nitrogens with one attached hydrogen (secondary N) is 1. The second-order valence-electron chi connectivity index (χ2n) is 4.47. The number of thiophene rings is 1. The molecular formula is C12H16N2O5S2. The van der Waals surface area contributed by atoms with Crippen molar-refractivity contribution in [3.8, 4) is 0 Å². The zero-order valence-corrected chi connectivity index (χ0v) is 13.1. The molecule has 1 aliphatic rings. The van der Waals surface area contributed by atoms with Gasteiger partial charge in [-0.15, -0.1) is 11.3 Å². The predicted molar refractivity (Wildman–Crippen MR) is 76.7 cm³/mol. The van der Waals surface area contributed by atoms with Gasteiger partial charge in [-0.05, 0) is 24.3 Å². The van der Waals surface area contributed by atoms with Crippen LogP contribution in [0.25, 0.3) is 0 Å². The summed E-state index contributed by atoms with van der Waals surface area (Å²) in [6.45, 7) is 0.492. The molecule has 0 atom stereocenters. The quantitative estimate of drug-likeness (QED) is 0.790. The lowest BCUT2D eigenvalue weighted by Gasteiger charge is -2.15. The Morgan fingerprint density at radius 2 is 2.05 bits per heavy atom. The van der Waals surface area contributed by atoms with E-state index in [4.69, 9.17) is 4.74 Å². The van der Waals surface area contributed by atoms with E-state index in [9.17, 15) is 18.0 Å². The topological polar surface area (TPSA) is 92.8 Å². The largest absolute Gasteiger partial charge is 0.451 e. The Morgan fingerprint density at radius 1 is 1.38 bits per heavy atom. The van der Waals surface area contributed by atoms with E-state index < -0.39 is 28.5 Å². The van der Waals surface area contributed by atoms with Gasteiger partial charge in [0, 0.05) is 20.1 Å².